The van der Waals surface area contributed by atoms with Gasteiger partial charge in [0.25, 0.3) is 0 Å². The normalized spacial score (nSPS) is 10.1. The van der Waals surface area contributed by atoms with Crippen molar-refractivity contribution in [1.82, 2.24) is 9.97 Å². The lowest BCUT2D eigenvalue weighted by atomic mass is 10.3. The molecule has 16 heavy (non-hydrogen) atoms. The molecule has 0 saturated carbocycles. The molecule has 1 aromatic heterocycles. The number of hydrogen-bond acceptors (Lipinski definition) is 4. The second-order valence-electron chi connectivity index (χ2n) is 3.32. The van der Waals surface area contributed by atoms with Gasteiger partial charge in [-0.2, -0.15) is 4.98 Å². The molecule has 0 aliphatic rings. The number of aromatic nitrogens is 2. The Hall–Kier alpha value is -2.17. The summed E-state index contributed by atoms with van der Waals surface area (Å²) < 4.78 is 12.7. The first-order valence-electron chi connectivity index (χ1n) is 4.71. The molecule has 5 heteroatoms. The number of nitrogens with one attached hydrogen (secondary N) is 1. The highest BCUT2D eigenvalue weighted by Gasteiger charge is 2.01. The zero-order chi connectivity index (χ0) is 11.5. The van der Waals surface area contributed by atoms with Crippen LogP contribution in [0.4, 0.5) is 16.0 Å². The Balaban J connectivity index is 2.23. The van der Waals surface area contributed by atoms with Crippen molar-refractivity contribution in [3.8, 4) is 5.88 Å². The van der Waals surface area contributed by atoms with Gasteiger partial charge in [-0.3, -0.25) is 0 Å². The van der Waals surface area contributed by atoms with Crippen LogP contribution in [0.15, 0.2) is 30.3 Å². The lowest BCUT2D eigenvalue weighted by Crippen LogP contribution is -1.98. The van der Waals surface area contributed by atoms with Crippen LogP contribution in [0.3, 0.4) is 0 Å². The van der Waals surface area contributed by atoms with Crippen molar-refractivity contribution >= 4 is 11.6 Å². The number of anilines is 2. The van der Waals surface area contributed by atoms with Gasteiger partial charge in [0.1, 0.15) is 5.82 Å². The molecule has 1 aromatic carbocycles. The average Bonchev–Trinajstić information content (AvgIpc) is 2.20. The maximum Gasteiger partial charge on any atom is 0.230 e. The van der Waals surface area contributed by atoms with E-state index in [4.69, 9.17) is 0 Å². The van der Waals surface area contributed by atoms with Crippen molar-refractivity contribution in [2.75, 3.05) is 5.32 Å². The number of hydrogen-bond donors (Lipinski definition) is 2. The Morgan fingerprint density at radius 2 is 1.88 bits per heavy atom. The number of halogens is 1. The fourth-order valence-corrected chi connectivity index (χ4v) is 1.27. The van der Waals surface area contributed by atoms with Gasteiger partial charge < -0.3 is 10.4 Å². The minimum Gasteiger partial charge on any atom is -0.493 e. The minimum atomic E-state index is -0.307. The summed E-state index contributed by atoms with van der Waals surface area (Å²) in [6.45, 7) is 1.75. The topological polar surface area (TPSA) is 58.0 Å². The van der Waals surface area contributed by atoms with Crippen molar-refractivity contribution in [2.45, 2.75) is 6.92 Å². The summed E-state index contributed by atoms with van der Waals surface area (Å²) >= 11 is 0. The Morgan fingerprint density at radius 1 is 1.19 bits per heavy atom. The van der Waals surface area contributed by atoms with Gasteiger partial charge in [-0.15, -0.1) is 0 Å². The van der Waals surface area contributed by atoms with Crippen LogP contribution in [-0.2, 0) is 0 Å². The highest BCUT2D eigenvalue weighted by molar-refractivity contribution is 5.53. The Kier molecular flexibility index (Phi) is 2.68. The first-order chi connectivity index (χ1) is 7.63. The number of aryl methyl sites for hydroxylation is 1. The summed E-state index contributed by atoms with van der Waals surface area (Å²) in [5.74, 6) is -0.125. The van der Waals surface area contributed by atoms with Crippen LogP contribution in [0.5, 0.6) is 5.88 Å². The Morgan fingerprint density at radius 3 is 2.50 bits per heavy atom. The molecule has 0 fully saturated rings. The molecule has 4 nitrogen and oxygen atoms in total. The van der Waals surface area contributed by atoms with Crippen LogP contribution < -0.4 is 5.32 Å². The highest BCUT2D eigenvalue weighted by atomic mass is 19.1. The molecule has 0 saturated heterocycles. The SMILES string of the molecule is Cc1cc(O)nc(Nc2ccc(F)cc2)n1. The summed E-state index contributed by atoms with van der Waals surface area (Å²) in [4.78, 5) is 7.87. The van der Waals surface area contributed by atoms with Crippen LogP contribution in [0.2, 0.25) is 0 Å². The van der Waals surface area contributed by atoms with E-state index in [9.17, 15) is 9.50 Å². The standard InChI is InChI=1S/C11H10FN3O/c1-7-6-10(16)15-11(13-7)14-9-4-2-8(12)3-5-9/h2-6H,1H3,(H2,13,14,15,16). The van der Waals surface area contributed by atoms with Gasteiger partial charge in [-0.1, -0.05) is 0 Å². The molecule has 2 aromatic rings. The molecule has 0 spiro atoms. The molecular formula is C11H10FN3O. The molecule has 2 rings (SSSR count). The van der Waals surface area contributed by atoms with Crippen molar-refractivity contribution in [3.63, 3.8) is 0 Å². The molecule has 0 amide bonds. The van der Waals surface area contributed by atoms with Gasteiger partial charge in [-0.05, 0) is 31.2 Å². The molecule has 0 atom stereocenters. The van der Waals surface area contributed by atoms with Gasteiger partial charge in [0.05, 0.1) is 0 Å². The van der Waals surface area contributed by atoms with Gasteiger partial charge in [0.2, 0.25) is 11.8 Å². The van der Waals surface area contributed by atoms with Gasteiger partial charge in [0.15, 0.2) is 0 Å². The van der Waals surface area contributed by atoms with Gasteiger partial charge >= 0.3 is 0 Å². The molecule has 1 heterocycles. The summed E-state index contributed by atoms with van der Waals surface area (Å²) in [5.41, 5.74) is 1.31. The third-order valence-corrected chi connectivity index (χ3v) is 1.94. The van der Waals surface area contributed by atoms with Crippen LogP contribution >= 0.6 is 0 Å². The predicted molar refractivity (Wildman–Crippen MR) is 58.1 cm³/mol. The van der Waals surface area contributed by atoms with E-state index in [1.54, 1.807) is 19.1 Å². The zero-order valence-corrected chi connectivity index (χ0v) is 8.61. The number of benzene rings is 1. The number of nitrogens with zero attached hydrogens (tertiary/aromatic N) is 2. The van der Waals surface area contributed by atoms with E-state index in [1.165, 1.54) is 18.2 Å². The highest BCUT2D eigenvalue weighted by Crippen LogP contribution is 2.16. The van der Waals surface area contributed by atoms with Gasteiger partial charge in [-0.25, -0.2) is 9.37 Å². The van der Waals surface area contributed by atoms with Crippen molar-refractivity contribution < 1.29 is 9.50 Å². The molecule has 0 radical (unpaired) electrons. The lowest BCUT2D eigenvalue weighted by Gasteiger charge is -2.05. The maximum absolute atomic E-state index is 12.7. The third-order valence-electron chi connectivity index (χ3n) is 1.94. The Bertz CT molecular complexity index is 479. The minimum absolute atomic E-state index is 0.0999. The fourth-order valence-electron chi connectivity index (χ4n) is 1.27. The molecule has 0 aliphatic heterocycles. The van der Waals surface area contributed by atoms with E-state index < -0.39 is 0 Å². The van der Waals surface area contributed by atoms with Crippen molar-refractivity contribution in [3.05, 3.63) is 41.8 Å². The summed E-state index contributed by atoms with van der Waals surface area (Å²) in [5, 5.41) is 12.1. The van der Waals surface area contributed by atoms with Crippen LogP contribution in [0, 0.1) is 12.7 Å². The molecular weight excluding hydrogens is 209 g/mol. The van der Waals surface area contributed by atoms with Crippen molar-refractivity contribution in [1.29, 1.82) is 0 Å². The molecule has 0 aliphatic carbocycles. The average molecular weight is 219 g/mol. The van der Waals surface area contributed by atoms with E-state index >= 15 is 0 Å². The van der Waals surface area contributed by atoms with E-state index in [2.05, 4.69) is 15.3 Å². The molecule has 0 unspecified atom stereocenters. The first kappa shape index (κ1) is 10.4. The largest absolute Gasteiger partial charge is 0.493 e. The molecule has 82 valence electrons. The quantitative estimate of drug-likeness (QED) is 0.814. The lowest BCUT2D eigenvalue weighted by molar-refractivity contribution is 0.452. The van der Waals surface area contributed by atoms with Crippen LogP contribution in [0.1, 0.15) is 5.69 Å². The van der Waals surface area contributed by atoms with E-state index in [1.807, 2.05) is 0 Å². The van der Waals surface area contributed by atoms with E-state index in [0.717, 1.165) is 0 Å². The Labute approximate surface area is 91.8 Å². The smallest absolute Gasteiger partial charge is 0.230 e. The number of rotatable bonds is 2. The second kappa shape index (κ2) is 4.14. The fraction of sp³-hybridized carbons (Fsp3) is 0.0909. The van der Waals surface area contributed by atoms with Crippen molar-refractivity contribution in [2.24, 2.45) is 0 Å². The summed E-state index contributed by atoms with van der Waals surface area (Å²) in [6, 6.07) is 7.25. The summed E-state index contributed by atoms with van der Waals surface area (Å²) in [6.07, 6.45) is 0. The van der Waals surface area contributed by atoms with Crippen LogP contribution in [-0.4, -0.2) is 15.1 Å². The number of aromatic hydroxyl groups is 1. The monoisotopic (exact) mass is 219 g/mol. The zero-order valence-electron chi connectivity index (χ0n) is 8.61. The third kappa shape index (κ3) is 2.44. The van der Waals surface area contributed by atoms with Crippen LogP contribution in [0.25, 0.3) is 0 Å². The predicted octanol–water partition coefficient (Wildman–Crippen LogP) is 2.37. The van der Waals surface area contributed by atoms with Gasteiger partial charge in [0, 0.05) is 17.4 Å². The van der Waals surface area contributed by atoms with E-state index in [0.29, 0.717) is 11.4 Å². The summed E-state index contributed by atoms with van der Waals surface area (Å²) in [7, 11) is 0. The second-order valence-corrected chi connectivity index (χ2v) is 3.32. The molecule has 0 bridgehead atoms. The molecule has 2 N–H and O–H groups in total. The maximum atomic E-state index is 12.7. The van der Waals surface area contributed by atoms with E-state index in [-0.39, 0.29) is 17.6 Å². The first-order valence-corrected chi connectivity index (χ1v) is 4.71.